The highest BCUT2D eigenvalue weighted by Gasteiger charge is 2.29. The van der Waals surface area contributed by atoms with Crippen LogP contribution in [0.15, 0.2) is 58.3 Å². The summed E-state index contributed by atoms with van der Waals surface area (Å²) in [5, 5.41) is 0. The van der Waals surface area contributed by atoms with Crippen molar-refractivity contribution >= 4 is 106 Å². The molecule has 0 heterocycles. The SMILES string of the molecule is O=CN(SC(F)(Cl)Cl)c1ccc(Sc2ccc(N(C=O)SC(F)(Cl)Cl)cc2)cc1. The van der Waals surface area contributed by atoms with E-state index in [1.807, 2.05) is 0 Å². The van der Waals surface area contributed by atoms with Gasteiger partial charge in [0, 0.05) is 33.7 Å². The maximum absolute atomic E-state index is 13.3. The van der Waals surface area contributed by atoms with E-state index in [1.165, 1.54) is 11.8 Å². The molecule has 13 heteroatoms. The first-order chi connectivity index (χ1) is 13.5. The molecule has 0 atom stereocenters. The number of hydrogen-bond donors (Lipinski definition) is 0. The molecular formula is C16H10Cl4F2N2O2S3. The molecule has 0 radical (unpaired) electrons. The van der Waals surface area contributed by atoms with Crippen molar-refractivity contribution in [3.63, 3.8) is 0 Å². The lowest BCUT2D eigenvalue weighted by Crippen LogP contribution is -2.17. The van der Waals surface area contributed by atoms with E-state index in [1.54, 1.807) is 48.5 Å². The number of amides is 2. The molecule has 2 aromatic carbocycles. The monoisotopic (exact) mass is 536 g/mol. The number of carbonyl (C=O) groups excluding carboxylic acids is 2. The van der Waals surface area contributed by atoms with E-state index in [0.717, 1.165) is 18.4 Å². The van der Waals surface area contributed by atoms with E-state index in [4.69, 9.17) is 46.4 Å². The number of carbonyl (C=O) groups is 2. The number of alkyl halides is 6. The molecule has 0 N–H and O–H groups in total. The number of nitrogens with zero attached hydrogens (tertiary/aromatic N) is 2. The van der Waals surface area contributed by atoms with Gasteiger partial charge in [0.25, 0.3) is 0 Å². The van der Waals surface area contributed by atoms with Gasteiger partial charge in [0.2, 0.25) is 12.8 Å². The fourth-order valence-electron chi connectivity index (χ4n) is 1.95. The second kappa shape index (κ2) is 10.7. The molecule has 2 rings (SSSR count). The number of rotatable bonds is 10. The smallest absolute Gasteiger partial charge is 0.277 e. The summed E-state index contributed by atoms with van der Waals surface area (Å²) < 4.78 is 23.3. The fraction of sp³-hybridized carbons (Fsp3) is 0.125. The molecule has 2 amide bonds. The largest absolute Gasteiger partial charge is 0.324 e. The second-order valence-corrected chi connectivity index (χ2v) is 11.8. The highest BCUT2D eigenvalue weighted by Crippen LogP contribution is 2.42. The van der Waals surface area contributed by atoms with Crippen molar-refractivity contribution in [1.82, 2.24) is 0 Å². The van der Waals surface area contributed by atoms with Crippen molar-refractivity contribution < 1.29 is 18.4 Å². The Morgan fingerprint density at radius 1 is 0.690 bits per heavy atom. The van der Waals surface area contributed by atoms with E-state index in [2.05, 4.69) is 0 Å². The molecule has 29 heavy (non-hydrogen) atoms. The highest BCUT2D eigenvalue weighted by atomic mass is 35.5. The van der Waals surface area contributed by atoms with E-state index in [0.29, 0.717) is 48.1 Å². The summed E-state index contributed by atoms with van der Waals surface area (Å²) in [6.07, 6.45) is 0.796. The molecule has 0 aromatic heterocycles. The Bertz CT molecular complexity index is 765. The van der Waals surface area contributed by atoms with Crippen LogP contribution in [0.1, 0.15) is 0 Å². The third kappa shape index (κ3) is 8.61. The van der Waals surface area contributed by atoms with Gasteiger partial charge in [-0.25, -0.2) is 0 Å². The summed E-state index contributed by atoms with van der Waals surface area (Å²) >= 11 is 23.1. The van der Waals surface area contributed by atoms with Crippen LogP contribution in [0.25, 0.3) is 0 Å². The van der Waals surface area contributed by atoms with Crippen LogP contribution in [0.5, 0.6) is 0 Å². The topological polar surface area (TPSA) is 40.6 Å². The molecule has 0 unspecified atom stereocenters. The lowest BCUT2D eigenvalue weighted by atomic mass is 10.3. The Labute approximate surface area is 198 Å². The van der Waals surface area contributed by atoms with Crippen LogP contribution in [0.4, 0.5) is 20.2 Å². The van der Waals surface area contributed by atoms with Crippen LogP contribution >= 0.6 is 82.1 Å². The molecule has 4 nitrogen and oxygen atoms in total. The zero-order valence-corrected chi connectivity index (χ0v) is 19.5. The first kappa shape index (κ1) is 24.7. The lowest BCUT2D eigenvalue weighted by Gasteiger charge is -2.19. The average Bonchev–Trinajstić information content (AvgIpc) is 2.64. The van der Waals surface area contributed by atoms with E-state index < -0.39 is 7.84 Å². The fourth-order valence-corrected chi connectivity index (χ4v) is 4.65. The van der Waals surface area contributed by atoms with Gasteiger partial charge in [-0.3, -0.25) is 18.2 Å². The summed E-state index contributed by atoms with van der Waals surface area (Å²) in [5.41, 5.74) is 0.784. The lowest BCUT2D eigenvalue weighted by molar-refractivity contribution is -0.107. The van der Waals surface area contributed by atoms with Crippen molar-refractivity contribution in [2.45, 2.75) is 17.6 Å². The molecule has 0 saturated heterocycles. The van der Waals surface area contributed by atoms with Crippen LogP contribution in [0, 0.1) is 0 Å². The van der Waals surface area contributed by atoms with Crippen molar-refractivity contribution in [2.75, 3.05) is 8.61 Å². The van der Waals surface area contributed by atoms with E-state index in [-0.39, 0.29) is 0 Å². The maximum Gasteiger partial charge on any atom is 0.324 e. The summed E-state index contributed by atoms with van der Waals surface area (Å²) in [4.78, 5) is 23.9. The first-order valence-corrected chi connectivity index (χ1v) is 11.3. The van der Waals surface area contributed by atoms with E-state index >= 15 is 0 Å². The van der Waals surface area contributed by atoms with Gasteiger partial charge in [0.1, 0.15) is 0 Å². The average molecular weight is 538 g/mol. The van der Waals surface area contributed by atoms with Crippen LogP contribution in [-0.4, -0.2) is 20.7 Å². The minimum Gasteiger partial charge on any atom is -0.277 e. The van der Waals surface area contributed by atoms with Crippen LogP contribution < -0.4 is 8.61 Å². The van der Waals surface area contributed by atoms with Crippen molar-refractivity contribution in [3.05, 3.63) is 48.5 Å². The van der Waals surface area contributed by atoms with Gasteiger partial charge in [-0.05, 0) is 48.5 Å². The van der Waals surface area contributed by atoms with E-state index in [9.17, 15) is 18.4 Å². The summed E-state index contributed by atoms with van der Waals surface area (Å²) in [7, 11) is 0. The Kier molecular flexibility index (Phi) is 9.08. The standard InChI is InChI=1S/C16H10Cl4F2N2O2S3/c17-15(18,21)28-23(9-25)11-1-5-13(6-2-11)27-14-7-3-12(4-8-14)24(10-26)29-16(19,20)22/h1-10H. The van der Waals surface area contributed by atoms with Gasteiger partial charge in [-0.15, -0.1) is 0 Å². The van der Waals surface area contributed by atoms with Gasteiger partial charge in [-0.2, -0.15) is 8.78 Å². The summed E-state index contributed by atoms with van der Waals surface area (Å²) in [6, 6.07) is 13.3. The Morgan fingerprint density at radius 3 is 1.24 bits per heavy atom. The summed E-state index contributed by atoms with van der Waals surface area (Å²) in [5.74, 6) is 0. The zero-order chi connectivity index (χ0) is 21.7. The molecule has 0 fully saturated rings. The van der Waals surface area contributed by atoms with Crippen LogP contribution in [0.3, 0.4) is 0 Å². The predicted octanol–water partition coefficient (Wildman–Crippen LogP) is 7.18. The summed E-state index contributed by atoms with van der Waals surface area (Å²) in [6.45, 7) is 0. The normalized spacial score (nSPS) is 11.8. The number of hydrogen-bond acceptors (Lipinski definition) is 5. The van der Waals surface area contributed by atoms with Crippen molar-refractivity contribution in [2.24, 2.45) is 0 Å². The molecule has 0 bridgehead atoms. The third-order valence-corrected chi connectivity index (χ3v) is 6.26. The first-order valence-electron chi connectivity index (χ1n) is 7.39. The van der Waals surface area contributed by atoms with Crippen LogP contribution in [-0.2, 0) is 9.59 Å². The predicted molar refractivity (Wildman–Crippen MR) is 120 cm³/mol. The molecule has 0 aliphatic rings. The molecule has 0 spiro atoms. The quantitative estimate of drug-likeness (QED) is 0.182. The van der Waals surface area contributed by atoms with Gasteiger partial charge in [-0.1, -0.05) is 58.2 Å². The number of anilines is 2. The maximum atomic E-state index is 13.3. The van der Waals surface area contributed by atoms with Gasteiger partial charge >= 0.3 is 7.84 Å². The highest BCUT2D eigenvalue weighted by molar-refractivity contribution is 8.05. The molecule has 156 valence electrons. The number of halogens is 6. The molecule has 0 saturated carbocycles. The minimum absolute atomic E-state index is 0.317. The van der Waals surface area contributed by atoms with Gasteiger partial charge in [0.15, 0.2) is 0 Å². The molecular weight excluding hydrogens is 528 g/mol. The zero-order valence-electron chi connectivity index (χ0n) is 14.0. The van der Waals surface area contributed by atoms with Crippen molar-refractivity contribution in [3.8, 4) is 0 Å². The van der Waals surface area contributed by atoms with Gasteiger partial charge in [0.05, 0.1) is 11.4 Å². The third-order valence-electron chi connectivity index (χ3n) is 3.01. The van der Waals surface area contributed by atoms with Crippen LogP contribution in [0.2, 0.25) is 0 Å². The molecule has 0 aliphatic carbocycles. The van der Waals surface area contributed by atoms with Crippen molar-refractivity contribution in [1.29, 1.82) is 0 Å². The molecule has 0 aliphatic heterocycles. The Morgan fingerprint density at radius 2 is 1.00 bits per heavy atom. The Balaban J connectivity index is 2.06. The number of benzene rings is 2. The second-order valence-electron chi connectivity index (χ2n) is 5.03. The van der Waals surface area contributed by atoms with Gasteiger partial charge < -0.3 is 0 Å². The minimum atomic E-state index is -2.64. The Hall–Kier alpha value is -0.550. The molecule has 2 aromatic rings.